The zero-order chi connectivity index (χ0) is 33.4. The summed E-state index contributed by atoms with van der Waals surface area (Å²) >= 11 is 0. The summed E-state index contributed by atoms with van der Waals surface area (Å²) in [5, 5.41) is 13.6. The van der Waals surface area contributed by atoms with E-state index in [1.165, 1.54) is 108 Å². The van der Waals surface area contributed by atoms with Gasteiger partial charge in [-0.15, -0.1) is 0 Å². The maximum absolute atomic E-state index is 11.3. The van der Waals surface area contributed by atoms with Crippen LogP contribution in [-0.2, 0) is 25.0 Å². The van der Waals surface area contributed by atoms with E-state index in [2.05, 4.69) is 24.2 Å². The molecule has 0 spiro atoms. The van der Waals surface area contributed by atoms with Crippen LogP contribution in [0.25, 0.3) is 0 Å². The van der Waals surface area contributed by atoms with Crippen molar-refractivity contribution in [3.8, 4) is 0 Å². The Morgan fingerprint density at radius 2 is 1.09 bits per heavy atom. The van der Waals surface area contributed by atoms with Crippen LogP contribution in [0.1, 0.15) is 142 Å². The van der Waals surface area contributed by atoms with Crippen LogP contribution in [0.3, 0.4) is 0 Å². The Balaban J connectivity index is -0.000000767. The van der Waals surface area contributed by atoms with Crippen LogP contribution in [0.15, 0.2) is 29.3 Å². The number of hydrogen-bond acceptors (Lipinski definition) is 8. The first-order valence-electron chi connectivity index (χ1n) is 16.6. The summed E-state index contributed by atoms with van der Waals surface area (Å²) in [6, 6.07) is 0. The van der Waals surface area contributed by atoms with Gasteiger partial charge in [0.1, 0.15) is 0 Å². The third kappa shape index (κ3) is 48.0. The van der Waals surface area contributed by atoms with Gasteiger partial charge in [-0.25, -0.2) is 8.42 Å². The number of unbranched alkanes of at least 4 members (excludes halogenated alkanes) is 18. The predicted octanol–water partition coefficient (Wildman–Crippen LogP) is 5.85. The minimum atomic E-state index is -4.29. The molecule has 0 unspecified atom stereocenters. The van der Waals surface area contributed by atoms with Crippen LogP contribution >= 0.6 is 0 Å². The second-order valence-corrected chi connectivity index (χ2v) is 14.2. The smallest absolute Gasteiger partial charge is 0.859 e. The minimum absolute atomic E-state index is 0. The van der Waals surface area contributed by atoms with Gasteiger partial charge in [-0.2, -0.15) is 8.42 Å². The van der Waals surface area contributed by atoms with Gasteiger partial charge in [0.2, 0.25) is 5.91 Å². The first kappa shape index (κ1) is 48.9. The van der Waals surface area contributed by atoms with E-state index in [1.54, 1.807) is 6.08 Å². The molecule has 0 heterocycles. The normalized spacial score (nSPS) is 12.2. The van der Waals surface area contributed by atoms with E-state index in [0.717, 1.165) is 32.1 Å². The molecule has 2 N–H and O–H groups in total. The van der Waals surface area contributed by atoms with Crippen molar-refractivity contribution >= 4 is 69.8 Å². The summed E-state index contributed by atoms with van der Waals surface area (Å²) in [4.78, 5) is 14.8. The van der Waals surface area contributed by atoms with E-state index in [-0.39, 0.29) is 56.7 Å². The molecule has 1 amide bonds. The molecule has 0 radical (unpaired) electrons. The molecule has 0 aliphatic heterocycles. The Morgan fingerprint density at radius 3 is 1.49 bits per heavy atom. The standard InChI is InChI=1S/2C16H31NO4S.Ca/c2*1-2-3-4-5-6-7-8-9-10-11-12-13-16(18)17-14-15-22(19,20)21;/h2*12-13H,2-11,14-15H2,1H3,(H,17,18)(H,19,20,21);/q;;+2/p-2/b2*13-12+;. The monoisotopic (exact) mass is 704 g/mol. The first-order valence-corrected chi connectivity index (χ1v) is 19.8. The molecule has 0 saturated heterocycles. The van der Waals surface area contributed by atoms with Crippen LogP contribution in [0.2, 0.25) is 0 Å². The minimum Gasteiger partial charge on any atom is -0.859 e. The van der Waals surface area contributed by atoms with Crippen LogP contribution in [0.4, 0.5) is 0 Å². The van der Waals surface area contributed by atoms with E-state index in [9.17, 15) is 31.3 Å². The van der Waals surface area contributed by atoms with Gasteiger partial charge in [-0.05, 0) is 37.7 Å². The molecule has 0 aliphatic carbocycles. The van der Waals surface area contributed by atoms with Gasteiger partial charge in [0.25, 0.3) is 10.1 Å². The molecule has 0 aliphatic rings. The Hall–Kier alpha value is -0.500. The third-order valence-electron chi connectivity index (χ3n) is 6.75. The molecule has 0 aromatic carbocycles. The number of rotatable bonds is 28. The molecular formula is C32H60CaN2O8S2. The number of amides is 1. The summed E-state index contributed by atoms with van der Waals surface area (Å²) in [6.07, 6.45) is 30.8. The Labute approximate surface area is 304 Å². The Morgan fingerprint density at radius 1 is 0.689 bits per heavy atom. The van der Waals surface area contributed by atoms with Gasteiger partial charge in [0.05, 0.1) is 28.2 Å². The maximum Gasteiger partial charge on any atom is 2.00 e. The first-order chi connectivity index (χ1) is 20.9. The zero-order valence-electron chi connectivity index (χ0n) is 28.1. The maximum atomic E-state index is 11.3. The van der Waals surface area contributed by atoms with Crippen LogP contribution in [0, 0.1) is 0 Å². The van der Waals surface area contributed by atoms with Crippen molar-refractivity contribution < 1.29 is 35.8 Å². The number of nitrogens with one attached hydrogen (secondary N) is 1. The van der Waals surface area contributed by atoms with Crippen molar-refractivity contribution in [2.45, 2.75) is 142 Å². The summed E-state index contributed by atoms with van der Waals surface area (Å²) in [7, 11) is -8.29. The van der Waals surface area contributed by atoms with Crippen molar-refractivity contribution in [3.63, 3.8) is 0 Å². The Kier molecular flexibility index (Phi) is 37.8. The fraction of sp³-hybridized carbons (Fsp3) is 0.812. The number of allylic oxidation sites excluding steroid dienone is 2. The number of carbonyl (C=O) groups is 1. The van der Waals surface area contributed by atoms with Gasteiger partial charge in [0, 0.05) is 6.54 Å². The van der Waals surface area contributed by atoms with E-state index in [1.807, 2.05) is 6.08 Å². The SMILES string of the molecule is CCCCCCCCCCC/C=C/C(=O)NCCS(=O)(=O)O.CCCCCCCCCCC/C=C/C([O-])=NCCS(=O)(=O)[O-].[Ca+2]. The van der Waals surface area contributed by atoms with Crippen molar-refractivity contribution in [3.05, 3.63) is 24.3 Å². The van der Waals surface area contributed by atoms with Crippen molar-refractivity contribution in [1.82, 2.24) is 5.32 Å². The van der Waals surface area contributed by atoms with Crippen LogP contribution < -0.4 is 10.4 Å². The summed E-state index contributed by atoms with van der Waals surface area (Å²) in [6.45, 7) is 4.12. The molecule has 0 fully saturated rings. The van der Waals surface area contributed by atoms with E-state index in [4.69, 9.17) is 4.55 Å². The number of carbonyl (C=O) groups excluding carboxylic acids is 1. The number of aliphatic imine (C=N–C) groups is 1. The molecule has 0 saturated carbocycles. The molecule has 10 nitrogen and oxygen atoms in total. The topological polar surface area (TPSA) is 176 Å². The molecule has 45 heavy (non-hydrogen) atoms. The molecular weight excluding hydrogens is 645 g/mol. The van der Waals surface area contributed by atoms with E-state index in [0.29, 0.717) is 0 Å². The van der Waals surface area contributed by atoms with E-state index >= 15 is 0 Å². The van der Waals surface area contributed by atoms with Gasteiger partial charge in [-0.3, -0.25) is 9.35 Å². The number of nitrogens with zero attached hydrogens (tertiary/aromatic N) is 1. The average Bonchev–Trinajstić information content (AvgIpc) is 2.93. The summed E-state index contributed by atoms with van der Waals surface area (Å²) in [5.41, 5.74) is 0. The second-order valence-electron chi connectivity index (χ2n) is 11.1. The molecule has 0 atom stereocenters. The van der Waals surface area contributed by atoms with Crippen molar-refractivity contribution in [1.29, 1.82) is 0 Å². The van der Waals surface area contributed by atoms with Gasteiger partial charge >= 0.3 is 37.7 Å². The Bertz CT molecular complexity index is 985. The van der Waals surface area contributed by atoms with Crippen molar-refractivity contribution in [2.24, 2.45) is 4.99 Å². The quantitative estimate of drug-likeness (QED) is 0.0254. The second kappa shape index (κ2) is 34.8. The van der Waals surface area contributed by atoms with Crippen LogP contribution in [0.5, 0.6) is 0 Å². The predicted molar refractivity (Wildman–Crippen MR) is 184 cm³/mol. The molecule has 0 aromatic heterocycles. The van der Waals surface area contributed by atoms with Gasteiger partial charge in [-0.1, -0.05) is 135 Å². The summed E-state index contributed by atoms with van der Waals surface area (Å²) < 4.78 is 60.4. The number of hydrogen-bond donors (Lipinski definition) is 2. The molecule has 0 rings (SSSR count). The largest absolute Gasteiger partial charge is 2.00 e. The van der Waals surface area contributed by atoms with Crippen molar-refractivity contribution in [2.75, 3.05) is 24.6 Å². The molecule has 0 bridgehead atoms. The fourth-order valence-corrected chi connectivity index (χ4v) is 4.88. The fourth-order valence-electron chi connectivity index (χ4n) is 4.20. The molecule has 13 heteroatoms. The van der Waals surface area contributed by atoms with Gasteiger partial charge < -0.3 is 20.0 Å². The molecule has 260 valence electrons. The zero-order valence-corrected chi connectivity index (χ0v) is 31.9. The third-order valence-corrected chi connectivity index (χ3v) is 8.15. The van der Waals surface area contributed by atoms with Crippen LogP contribution in [-0.4, -0.2) is 100 Å². The average molecular weight is 705 g/mol. The van der Waals surface area contributed by atoms with E-state index < -0.39 is 37.6 Å². The summed E-state index contributed by atoms with van der Waals surface area (Å²) in [5.74, 6) is -1.87. The van der Waals surface area contributed by atoms with Gasteiger partial charge in [0.15, 0.2) is 0 Å². The molecule has 0 aromatic rings.